The Morgan fingerprint density at radius 3 is 2.55 bits per heavy atom. The zero-order valence-corrected chi connectivity index (χ0v) is 16.4. The summed E-state index contributed by atoms with van der Waals surface area (Å²) in [5, 5.41) is 7.24. The van der Waals surface area contributed by atoms with Crippen LogP contribution in [0.3, 0.4) is 0 Å². The monoisotopic (exact) mass is 401 g/mol. The second-order valence-electron chi connectivity index (χ2n) is 6.69. The number of aryl methyl sites for hydroxylation is 1. The number of hydrogen-bond acceptors (Lipinski definition) is 6. The molecule has 0 aliphatic heterocycles. The van der Waals surface area contributed by atoms with Gasteiger partial charge in [-0.3, -0.25) is 14.9 Å². The van der Waals surface area contributed by atoms with E-state index in [4.69, 9.17) is 9.15 Å². The van der Waals surface area contributed by atoms with Crippen LogP contribution in [0.2, 0.25) is 0 Å². The van der Waals surface area contributed by atoms with E-state index in [0.717, 1.165) is 5.56 Å². The van der Waals surface area contributed by atoms with Gasteiger partial charge in [0.2, 0.25) is 0 Å². The fourth-order valence-corrected chi connectivity index (χ4v) is 2.19. The number of imide groups is 1. The maximum Gasteiger partial charge on any atom is 0.338 e. The van der Waals surface area contributed by atoms with Gasteiger partial charge in [-0.15, -0.1) is 0 Å². The molecule has 4 amide bonds. The molecule has 0 aliphatic carbocycles. The predicted octanol–water partition coefficient (Wildman–Crippen LogP) is 2.48. The van der Waals surface area contributed by atoms with Gasteiger partial charge < -0.3 is 19.8 Å². The maximum atomic E-state index is 12.2. The van der Waals surface area contributed by atoms with Crippen molar-refractivity contribution in [1.82, 2.24) is 10.6 Å². The van der Waals surface area contributed by atoms with Crippen LogP contribution in [0, 0.1) is 12.8 Å². The number of rotatable bonds is 7. The molecule has 1 aromatic heterocycles. The highest BCUT2D eigenvalue weighted by Crippen LogP contribution is 2.19. The second kappa shape index (κ2) is 10.1. The summed E-state index contributed by atoms with van der Waals surface area (Å²) in [6.45, 7) is 5.38. The minimum atomic E-state index is -0.767. The molecule has 0 saturated carbocycles. The number of benzene rings is 1. The molecule has 0 bridgehead atoms. The van der Waals surface area contributed by atoms with E-state index in [9.17, 15) is 19.2 Å². The van der Waals surface area contributed by atoms with Crippen molar-refractivity contribution in [2.24, 2.45) is 5.92 Å². The number of urea groups is 1. The van der Waals surface area contributed by atoms with Crippen LogP contribution in [0.25, 0.3) is 0 Å². The van der Waals surface area contributed by atoms with Gasteiger partial charge in [0.15, 0.2) is 12.4 Å². The number of nitrogens with one attached hydrogen (secondary N) is 3. The topological polar surface area (TPSA) is 127 Å². The fraction of sp³-hybridized carbons (Fsp3) is 0.300. The van der Waals surface area contributed by atoms with E-state index < -0.39 is 30.4 Å². The average Bonchev–Trinajstić information content (AvgIpc) is 3.21. The molecule has 3 N–H and O–H groups in total. The van der Waals surface area contributed by atoms with Crippen LogP contribution in [0.1, 0.15) is 40.3 Å². The summed E-state index contributed by atoms with van der Waals surface area (Å²) in [6.07, 6.45) is 1.38. The van der Waals surface area contributed by atoms with E-state index in [1.165, 1.54) is 24.5 Å². The average molecular weight is 401 g/mol. The van der Waals surface area contributed by atoms with Crippen molar-refractivity contribution >= 4 is 29.5 Å². The Balaban J connectivity index is 1.91. The Labute approximate surface area is 167 Å². The Hall–Kier alpha value is -3.62. The Bertz CT molecular complexity index is 890. The minimum absolute atomic E-state index is 0.129. The lowest BCUT2D eigenvalue weighted by Gasteiger charge is -2.11. The Kier molecular flexibility index (Phi) is 7.53. The molecule has 0 unspecified atom stereocenters. The van der Waals surface area contributed by atoms with Gasteiger partial charge in [0.25, 0.3) is 11.8 Å². The lowest BCUT2D eigenvalue weighted by Crippen LogP contribution is -2.42. The number of esters is 1. The SMILES string of the molecule is Cc1ccc(C(=O)OCC(=O)NC(=O)NCC(C)C)cc1NC(=O)c1ccco1. The zero-order chi connectivity index (χ0) is 21.4. The molecule has 9 heteroatoms. The first kappa shape index (κ1) is 21.7. The number of carbonyl (C=O) groups excluding carboxylic acids is 4. The second-order valence-corrected chi connectivity index (χ2v) is 6.69. The van der Waals surface area contributed by atoms with Gasteiger partial charge >= 0.3 is 12.0 Å². The first-order valence-electron chi connectivity index (χ1n) is 8.96. The summed E-state index contributed by atoms with van der Waals surface area (Å²) < 4.78 is 9.96. The molecule has 2 rings (SSSR count). The number of amides is 4. The van der Waals surface area contributed by atoms with Crippen molar-refractivity contribution < 1.29 is 28.3 Å². The van der Waals surface area contributed by atoms with Gasteiger partial charge in [0.05, 0.1) is 11.8 Å². The third-order valence-electron chi connectivity index (χ3n) is 3.72. The van der Waals surface area contributed by atoms with Gasteiger partial charge in [0, 0.05) is 12.2 Å². The third kappa shape index (κ3) is 6.80. The lowest BCUT2D eigenvalue weighted by atomic mass is 10.1. The van der Waals surface area contributed by atoms with Crippen LogP contribution in [0.4, 0.5) is 10.5 Å². The van der Waals surface area contributed by atoms with E-state index in [-0.39, 0.29) is 17.2 Å². The van der Waals surface area contributed by atoms with Gasteiger partial charge in [-0.2, -0.15) is 0 Å². The van der Waals surface area contributed by atoms with Crippen molar-refractivity contribution in [2.45, 2.75) is 20.8 Å². The lowest BCUT2D eigenvalue weighted by molar-refractivity contribution is -0.123. The molecular formula is C20H23N3O6. The van der Waals surface area contributed by atoms with Crippen LogP contribution in [0.15, 0.2) is 41.0 Å². The quantitative estimate of drug-likeness (QED) is 0.612. The van der Waals surface area contributed by atoms with Gasteiger partial charge in [-0.05, 0) is 42.7 Å². The molecule has 9 nitrogen and oxygen atoms in total. The first-order valence-corrected chi connectivity index (χ1v) is 8.96. The zero-order valence-electron chi connectivity index (χ0n) is 16.4. The highest BCUT2D eigenvalue weighted by molar-refractivity contribution is 6.03. The normalized spacial score (nSPS) is 10.3. The molecule has 2 aromatic rings. The van der Waals surface area contributed by atoms with Crippen LogP contribution in [-0.2, 0) is 9.53 Å². The molecule has 1 heterocycles. The molecule has 29 heavy (non-hydrogen) atoms. The van der Waals surface area contributed by atoms with Crippen molar-refractivity contribution in [3.8, 4) is 0 Å². The number of carbonyl (C=O) groups is 4. The Morgan fingerprint density at radius 2 is 1.90 bits per heavy atom. The summed E-state index contributed by atoms with van der Waals surface area (Å²) in [5.74, 6) is -1.62. The van der Waals surface area contributed by atoms with Crippen molar-refractivity contribution in [3.05, 3.63) is 53.5 Å². The number of ether oxygens (including phenoxy) is 1. The van der Waals surface area contributed by atoms with E-state index in [0.29, 0.717) is 12.2 Å². The predicted molar refractivity (Wildman–Crippen MR) is 105 cm³/mol. The van der Waals surface area contributed by atoms with Crippen molar-refractivity contribution in [1.29, 1.82) is 0 Å². The number of furan rings is 1. The van der Waals surface area contributed by atoms with Crippen LogP contribution in [-0.4, -0.2) is 37.0 Å². The molecule has 1 aromatic carbocycles. The summed E-state index contributed by atoms with van der Waals surface area (Å²) in [5.41, 5.74) is 1.27. The van der Waals surface area contributed by atoms with Crippen molar-refractivity contribution in [2.75, 3.05) is 18.5 Å². The highest BCUT2D eigenvalue weighted by atomic mass is 16.5. The molecule has 0 saturated heterocycles. The van der Waals surface area contributed by atoms with Gasteiger partial charge in [0.1, 0.15) is 0 Å². The summed E-state index contributed by atoms with van der Waals surface area (Å²) >= 11 is 0. The molecule has 0 aliphatic rings. The fourth-order valence-electron chi connectivity index (χ4n) is 2.19. The molecular weight excluding hydrogens is 378 g/mol. The largest absolute Gasteiger partial charge is 0.459 e. The number of hydrogen-bond donors (Lipinski definition) is 3. The van der Waals surface area contributed by atoms with E-state index in [1.807, 2.05) is 13.8 Å². The molecule has 154 valence electrons. The van der Waals surface area contributed by atoms with Crippen LogP contribution in [0.5, 0.6) is 0 Å². The van der Waals surface area contributed by atoms with Gasteiger partial charge in [-0.25, -0.2) is 9.59 Å². The van der Waals surface area contributed by atoms with E-state index in [1.54, 1.807) is 19.1 Å². The van der Waals surface area contributed by atoms with E-state index >= 15 is 0 Å². The Morgan fingerprint density at radius 1 is 1.14 bits per heavy atom. The van der Waals surface area contributed by atoms with Gasteiger partial charge in [-0.1, -0.05) is 19.9 Å². The summed E-state index contributed by atoms with van der Waals surface area (Å²) in [7, 11) is 0. The van der Waals surface area contributed by atoms with E-state index in [2.05, 4.69) is 16.0 Å². The molecule has 0 atom stereocenters. The summed E-state index contributed by atoms with van der Waals surface area (Å²) in [6, 6.07) is 7.02. The highest BCUT2D eigenvalue weighted by Gasteiger charge is 2.15. The standard InChI is InChI=1S/C20H23N3O6/c1-12(2)10-21-20(27)23-17(24)11-29-19(26)14-7-6-13(3)15(9-14)22-18(25)16-5-4-8-28-16/h4-9,12H,10-11H2,1-3H3,(H,22,25)(H2,21,23,24,27). The smallest absolute Gasteiger partial charge is 0.338 e. The first-order chi connectivity index (χ1) is 13.8. The van der Waals surface area contributed by atoms with Crippen LogP contribution >= 0.6 is 0 Å². The van der Waals surface area contributed by atoms with Crippen molar-refractivity contribution in [3.63, 3.8) is 0 Å². The molecule has 0 radical (unpaired) electrons. The third-order valence-corrected chi connectivity index (χ3v) is 3.72. The summed E-state index contributed by atoms with van der Waals surface area (Å²) in [4.78, 5) is 47.5. The molecule has 0 fully saturated rings. The number of anilines is 1. The van der Waals surface area contributed by atoms with Crippen LogP contribution < -0.4 is 16.0 Å². The maximum absolute atomic E-state index is 12.2. The molecule has 0 spiro atoms. The minimum Gasteiger partial charge on any atom is -0.459 e.